The Hall–Kier alpha value is -1.14. The van der Waals surface area contributed by atoms with Crippen LogP contribution in [0.1, 0.15) is 6.42 Å². The summed E-state index contributed by atoms with van der Waals surface area (Å²) >= 11 is 0. The fourth-order valence-corrected chi connectivity index (χ4v) is 1.34. The number of aliphatic hydroxyl groups excluding tert-OH is 1. The molecule has 1 aliphatic heterocycles. The Labute approximate surface area is 82.1 Å². The lowest BCUT2D eigenvalue weighted by Gasteiger charge is -2.14. The number of carbonyl (C=O) groups excluding carboxylic acids is 2. The van der Waals surface area contributed by atoms with Gasteiger partial charge < -0.3 is 21.1 Å². The monoisotopic (exact) mass is 201 g/mol. The quantitative estimate of drug-likeness (QED) is 0.474. The molecular formula is C8H15N3O3. The van der Waals surface area contributed by atoms with Gasteiger partial charge in [-0.05, 0) is 0 Å². The molecular weight excluding hydrogens is 186 g/mol. The van der Waals surface area contributed by atoms with Crippen LogP contribution in [0.2, 0.25) is 0 Å². The normalized spacial score (nSPS) is 21.4. The minimum absolute atomic E-state index is 0.00981. The van der Waals surface area contributed by atoms with Crippen LogP contribution in [0.4, 0.5) is 0 Å². The average molecular weight is 201 g/mol. The van der Waals surface area contributed by atoms with E-state index in [4.69, 9.17) is 10.8 Å². The lowest BCUT2D eigenvalue weighted by atomic mass is 10.3. The number of likely N-dealkylation sites (tertiary alicyclic amines) is 1. The molecule has 14 heavy (non-hydrogen) atoms. The zero-order valence-corrected chi connectivity index (χ0v) is 7.90. The summed E-state index contributed by atoms with van der Waals surface area (Å²) < 4.78 is 0. The molecule has 1 aliphatic rings. The first-order valence-electron chi connectivity index (χ1n) is 4.56. The second-order valence-corrected chi connectivity index (χ2v) is 3.27. The van der Waals surface area contributed by atoms with Crippen molar-refractivity contribution in [2.45, 2.75) is 12.5 Å². The van der Waals surface area contributed by atoms with Crippen molar-refractivity contribution in [2.24, 2.45) is 5.73 Å². The summed E-state index contributed by atoms with van der Waals surface area (Å²) in [5, 5.41) is 11.7. The van der Waals surface area contributed by atoms with Crippen LogP contribution in [0.5, 0.6) is 0 Å². The van der Waals surface area contributed by atoms with E-state index in [1.807, 2.05) is 0 Å². The minimum Gasteiger partial charge on any atom is -0.391 e. The highest BCUT2D eigenvalue weighted by molar-refractivity contribution is 5.86. The fraction of sp³-hybridized carbons (Fsp3) is 0.750. The van der Waals surface area contributed by atoms with Crippen molar-refractivity contribution in [1.82, 2.24) is 10.2 Å². The summed E-state index contributed by atoms with van der Waals surface area (Å²) in [6, 6.07) is 0. The van der Waals surface area contributed by atoms with Crippen molar-refractivity contribution in [3.05, 3.63) is 0 Å². The van der Waals surface area contributed by atoms with Crippen LogP contribution in [0.3, 0.4) is 0 Å². The third kappa shape index (κ3) is 2.97. The van der Waals surface area contributed by atoms with Crippen LogP contribution >= 0.6 is 0 Å². The number of carbonyl (C=O) groups is 2. The van der Waals surface area contributed by atoms with Crippen molar-refractivity contribution in [3.63, 3.8) is 0 Å². The third-order valence-corrected chi connectivity index (χ3v) is 2.00. The molecule has 0 aromatic heterocycles. The van der Waals surface area contributed by atoms with Gasteiger partial charge in [0.15, 0.2) is 0 Å². The van der Waals surface area contributed by atoms with Gasteiger partial charge in [-0.25, -0.2) is 0 Å². The molecule has 1 atom stereocenters. The van der Waals surface area contributed by atoms with E-state index in [0.717, 1.165) is 0 Å². The summed E-state index contributed by atoms with van der Waals surface area (Å²) in [6.07, 6.45) is -0.519. The molecule has 1 fully saturated rings. The summed E-state index contributed by atoms with van der Waals surface area (Å²) in [5.41, 5.74) is 5.20. The predicted molar refractivity (Wildman–Crippen MR) is 49.3 cm³/mol. The summed E-state index contributed by atoms with van der Waals surface area (Å²) in [6.45, 7) is 1.04. The number of hydrogen-bond acceptors (Lipinski definition) is 4. The van der Waals surface area contributed by atoms with Gasteiger partial charge in [0.25, 0.3) is 0 Å². The van der Waals surface area contributed by atoms with Gasteiger partial charge in [-0.1, -0.05) is 0 Å². The van der Waals surface area contributed by atoms with Gasteiger partial charge in [0.05, 0.1) is 19.1 Å². The van der Waals surface area contributed by atoms with Crippen LogP contribution in [0, 0.1) is 0 Å². The van der Waals surface area contributed by atoms with Crippen molar-refractivity contribution in [3.8, 4) is 0 Å². The molecule has 1 unspecified atom stereocenters. The number of amides is 2. The standard InChI is InChI=1S/C8H15N3O3/c9-1-2-10-7(13)5-11-4-6(12)3-8(11)14/h6,12H,1-5,9H2,(H,10,13). The van der Waals surface area contributed by atoms with Crippen LogP contribution in [-0.4, -0.2) is 54.1 Å². The number of β-amino-alcohol motifs (C(OH)–C–C–N with tert-alkyl or cyclic N) is 1. The summed E-state index contributed by atoms with van der Waals surface area (Å²) in [5.74, 6) is -0.418. The molecule has 2 amide bonds. The number of nitrogens with one attached hydrogen (secondary N) is 1. The predicted octanol–water partition coefficient (Wildman–Crippen LogP) is -2.35. The average Bonchev–Trinajstić information content (AvgIpc) is 2.42. The van der Waals surface area contributed by atoms with Crippen molar-refractivity contribution in [2.75, 3.05) is 26.2 Å². The first kappa shape index (κ1) is 10.9. The lowest BCUT2D eigenvalue weighted by Crippen LogP contribution is -2.39. The lowest BCUT2D eigenvalue weighted by molar-refractivity contribution is -0.133. The molecule has 0 spiro atoms. The van der Waals surface area contributed by atoms with E-state index in [9.17, 15) is 9.59 Å². The molecule has 0 aliphatic carbocycles. The van der Waals surface area contributed by atoms with E-state index >= 15 is 0 Å². The molecule has 6 nitrogen and oxygen atoms in total. The highest BCUT2D eigenvalue weighted by Gasteiger charge is 2.28. The van der Waals surface area contributed by atoms with Crippen LogP contribution in [0.15, 0.2) is 0 Å². The molecule has 6 heteroatoms. The Bertz CT molecular complexity index is 232. The molecule has 0 saturated carbocycles. The van der Waals surface area contributed by atoms with E-state index in [0.29, 0.717) is 13.1 Å². The van der Waals surface area contributed by atoms with E-state index in [1.165, 1.54) is 4.90 Å². The van der Waals surface area contributed by atoms with Gasteiger partial charge in [-0.2, -0.15) is 0 Å². The van der Waals surface area contributed by atoms with Crippen molar-refractivity contribution >= 4 is 11.8 Å². The maximum Gasteiger partial charge on any atom is 0.239 e. The molecule has 1 rings (SSSR count). The first-order valence-corrected chi connectivity index (χ1v) is 4.56. The van der Waals surface area contributed by atoms with E-state index in [2.05, 4.69) is 5.32 Å². The van der Waals surface area contributed by atoms with Crippen molar-refractivity contribution in [1.29, 1.82) is 0 Å². The van der Waals surface area contributed by atoms with Gasteiger partial charge in [0, 0.05) is 19.6 Å². The van der Waals surface area contributed by atoms with E-state index in [-0.39, 0.29) is 31.3 Å². The molecule has 0 aromatic rings. The van der Waals surface area contributed by atoms with Crippen LogP contribution in [-0.2, 0) is 9.59 Å². The van der Waals surface area contributed by atoms with Crippen LogP contribution < -0.4 is 11.1 Å². The second-order valence-electron chi connectivity index (χ2n) is 3.27. The highest BCUT2D eigenvalue weighted by atomic mass is 16.3. The van der Waals surface area contributed by atoms with Gasteiger partial charge in [0.1, 0.15) is 0 Å². The molecule has 0 radical (unpaired) electrons. The fourth-order valence-electron chi connectivity index (χ4n) is 1.34. The zero-order valence-electron chi connectivity index (χ0n) is 7.90. The summed E-state index contributed by atoms with van der Waals surface area (Å²) in [7, 11) is 0. The van der Waals surface area contributed by atoms with Gasteiger partial charge in [-0.15, -0.1) is 0 Å². The Morgan fingerprint density at radius 1 is 1.71 bits per heavy atom. The second kappa shape index (κ2) is 4.92. The van der Waals surface area contributed by atoms with Gasteiger partial charge in [-0.3, -0.25) is 9.59 Å². The molecule has 1 heterocycles. The van der Waals surface area contributed by atoms with E-state index < -0.39 is 6.10 Å². The third-order valence-electron chi connectivity index (χ3n) is 2.00. The van der Waals surface area contributed by atoms with E-state index in [1.54, 1.807) is 0 Å². The number of rotatable bonds is 4. The molecule has 1 saturated heterocycles. The maximum absolute atomic E-state index is 11.2. The van der Waals surface area contributed by atoms with Gasteiger partial charge in [0.2, 0.25) is 11.8 Å². The Kier molecular flexibility index (Phi) is 3.84. The molecule has 0 bridgehead atoms. The number of aliphatic hydroxyl groups is 1. The summed E-state index contributed by atoms with van der Waals surface area (Å²) in [4.78, 5) is 23.7. The number of hydrogen-bond donors (Lipinski definition) is 3. The molecule has 80 valence electrons. The van der Waals surface area contributed by atoms with Crippen LogP contribution in [0.25, 0.3) is 0 Å². The smallest absolute Gasteiger partial charge is 0.239 e. The van der Waals surface area contributed by atoms with Gasteiger partial charge >= 0.3 is 0 Å². The highest BCUT2D eigenvalue weighted by Crippen LogP contribution is 2.09. The Morgan fingerprint density at radius 3 is 2.93 bits per heavy atom. The number of nitrogens with two attached hydrogens (primary N) is 1. The first-order chi connectivity index (χ1) is 6.63. The Morgan fingerprint density at radius 2 is 2.43 bits per heavy atom. The molecule has 0 aromatic carbocycles. The minimum atomic E-state index is -0.634. The molecule has 4 N–H and O–H groups in total. The SMILES string of the molecule is NCCNC(=O)CN1CC(O)CC1=O. The largest absolute Gasteiger partial charge is 0.391 e. The zero-order chi connectivity index (χ0) is 10.6. The Balaban J connectivity index is 2.30. The van der Waals surface area contributed by atoms with Crippen molar-refractivity contribution < 1.29 is 14.7 Å². The maximum atomic E-state index is 11.2. The topological polar surface area (TPSA) is 95.7 Å². The number of nitrogens with zero attached hydrogens (tertiary/aromatic N) is 1.